The Labute approximate surface area is 138 Å². The first-order chi connectivity index (χ1) is 11.2. The normalized spacial score (nSPS) is 12.5. The molecule has 0 amide bonds. The molecule has 1 unspecified atom stereocenters. The third-order valence-corrected chi connectivity index (χ3v) is 5.12. The van der Waals surface area contributed by atoms with Crippen LogP contribution in [0.4, 0.5) is 0 Å². The highest BCUT2D eigenvalue weighted by atomic mass is 32.2. The number of thioether (sulfide) groups is 1. The van der Waals surface area contributed by atoms with Gasteiger partial charge in [-0.3, -0.25) is 4.79 Å². The number of para-hydroxylation sites is 1. The Bertz CT molecular complexity index is 840. The van der Waals surface area contributed by atoms with E-state index in [0.717, 1.165) is 22.3 Å². The van der Waals surface area contributed by atoms with E-state index in [2.05, 4.69) is 15.2 Å². The third kappa shape index (κ3) is 2.84. The summed E-state index contributed by atoms with van der Waals surface area (Å²) in [5.41, 5.74) is 2.05. The maximum Gasteiger partial charge on any atom is 0.319 e. The number of H-pyrrole nitrogens is 1. The van der Waals surface area contributed by atoms with Gasteiger partial charge >= 0.3 is 5.97 Å². The number of aromatic amines is 1. The fourth-order valence-electron chi connectivity index (χ4n) is 2.47. The molecular weight excluding hydrogens is 312 g/mol. The van der Waals surface area contributed by atoms with E-state index in [1.807, 2.05) is 49.0 Å². The molecule has 0 saturated carbocycles. The second-order valence-electron chi connectivity index (χ2n) is 5.15. The van der Waals surface area contributed by atoms with Crippen LogP contribution in [0.1, 0.15) is 13.3 Å². The number of aromatic nitrogens is 4. The third-order valence-electron chi connectivity index (χ3n) is 3.75. The van der Waals surface area contributed by atoms with Gasteiger partial charge in [0.05, 0.1) is 7.11 Å². The summed E-state index contributed by atoms with van der Waals surface area (Å²) in [5.74, 6) is 0.527. The summed E-state index contributed by atoms with van der Waals surface area (Å²) in [7, 11) is 3.31. The van der Waals surface area contributed by atoms with Crippen LogP contribution in [0.15, 0.2) is 35.6 Å². The lowest BCUT2D eigenvalue weighted by molar-refractivity contribution is -0.140. The van der Waals surface area contributed by atoms with Gasteiger partial charge in [-0.1, -0.05) is 36.9 Å². The molecule has 3 aromatic rings. The SMILES string of the molecule is CCC(Sc1nnc(-c2c[nH]c3ccccc23)n1C)C(=O)OC. The average Bonchev–Trinajstić information content (AvgIpc) is 3.15. The monoisotopic (exact) mass is 330 g/mol. The zero-order valence-corrected chi connectivity index (χ0v) is 14.1. The first-order valence-electron chi connectivity index (χ1n) is 7.36. The maximum absolute atomic E-state index is 11.8. The molecular formula is C16H18N4O2S. The zero-order valence-electron chi connectivity index (χ0n) is 13.2. The number of hydrogen-bond donors (Lipinski definition) is 1. The van der Waals surface area contributed by atoms with Gasteiger partial charge in [-0.25, -0.2) is 0 Å². The zero-order chi connectivity index (χ0) is 16.4. The summed E-state index contributed by atoms with van der Waals surface area (Å²) in [6.07, 6.45) is 2.60. The smallest absolute Gasteiger partial charge is 0.319 e. The molecule has 120 valence electrons. The molecule has 7 heteroatoms. The number of carbonyl (C=O) groups excluding carboxylic acids is 1. The highest BCUT2D eigenvalue weighted by molar-refractivity contribution is 8.00. The highest BCUT2D eigenvalue weighted by Crippen LogP contribution is 2.31. The lowest BCUT2D eigenvalue weighted by Gasteiger charge is -2.11. The Kier molecular flexibility index (Phi) is 4.38. The van der Waals surface area contributed by atoms with Crippen LogP contribution in [0.2, 0.25) is 0 Å². The van der Waals surface area contributed by atoms with Gasteiger partial charge in [0.2, 0.25) is 0 Å². The molecule has 0 saturated heterocycles. The highest BCUT2D eigenvalue weighted by Gasteiger charge is 2.23. The minimum Gasteiger partial charge on any atom is -0.468 e. The number of esters is 1. The number of ether oxygens (including phenoxy) is 1. The summed E-state index contributed by atoms with van der Waals surface area (Å²) in [4.78, 5) is 15.0. The van der Waals surface area contributed by atoms with Crippen LogP contribution in [-0.2, 0) is 16.6 Å². The van der Waals surface area contributed by atoms with Gasteiger partial charge in [0.15, 0.2) is 11.0 Å². The number of fused-ring (bicyclic) bond motifs is 1. The molecule has 1 N–H and O–H groups in total. The lowest BCUT2D eigenvalue weighted by Crippen LogP contribution is -2.18. The van der Waals surface area contributed by atoms with Gasteiger partial charge in [-0.15, -0.1) is 10.2 Å². The molecule has 0 aliphatic heterocycles. The summed E-state index contributed by atoms with van der Waals surface area (Å²) in [6, 6.07) is 8.06. The first-order valence-corrected chi connectivity index (χ1v) is 8.24. The van der Waals surface area contributed by atoms with Crippen molar-refractivity contribution in [1.82, 2.24) is 19.7 Å². The fraction of sp³-hybridized carbons (Fsp3) is 0.312. The van der Waals surface area contributed by atoms with E-state index >= 15 is 0 Å². The van der Waals surface area contributed by atoms with Crippen LogP contribution in [0.25, 0.3) is 22.3 Å². The van der Waals surface area contributed by atoms with Gasteiger partial charge in [0.1, 0.15) is 5.25 Å². The second-order valence-corrected chi connectivity index (χ2v) is 6.32. The van der Waals surface area contributed by atoms with Crippen LogP contribution < -0.4 is 0 Å². The van der Waals surface area contributed by atoms with Crippen molar-refractivity contribution in [2.24, 2.45) is 7.05 Å². The van der Waals surface area contributed by atoms with Gasteiger partial charge in [0.25, 0.3) is 0 Å². The molecule has 0 bridgehead atoms. The van der Waals surface area contributed by atoms with Crippen molar-refractivity contribution in [3.8, 4) is 11.4 Å². The van der Waals surface area contributed by atoms with E-state index < -0.39 is 0 Å². The number of methoxy groups -OCH3 is 1. The summed E-state index contributed by atoms with van der Waals surface area (Å²) < 4.78 is 6.74. The molecule has 0 fully saturated rings. The fourth-order valence-corrected chi connectivity index (χ4v) is 3.41. The van der Waals surface area contributed by atoms with Gasteiger partial charge in [-0.2, -0.15) is 0 Å². The topological polar surface area (TPSA) is 72.8 Å². The average molecular weight is 330 g/mol. The second kappa shape index (κ2) is 6.45. The number of nitrogens with one attached hydrogen (secondary N) is 1. The number of nitrogens with zero attached hydrogens (tertiary/aromatic N) is 3. The predicted octanol–water partition coefficient (Wildman–Crippen LogP) is 3.01. The largest absolute Gasteiger partial charge is 0.468 e. The number of carbonyl (C=O) groups is 1. The van der Waals surface area contributed by atoms with Crippen LogP contribution >= 0.6 is 11.8 Å². The molecule has 0 radical (unpaired) electrons. The molecule has 1 aromatic carbocycles. The van der Waals surface area contributed by atoms with Crippen molar-refractivity contribution in [2.75, 3.05) is 7.11 Å². The van der Waals surface area contributed by atoms with Crippen molar-refractivity contribution in [2.45, 2.75) is 23.8 Å². The standard InChI is InChI=1S/C16H18N4O2S/c1-4-13(15(21)22-3)23-16-19-18-14(20(16)2)11-9-17-12-8-6-5-7-10(11)12/h5-9,13,17H,4H2,1-3H3. The molecule has 6 nitrogen and oxygen atoms in total. The van der Waals surface area contributed by atoms with Crippen LogP contribution in [0.3, 0.4) is 0 Å². The van der Waals surface area contributed by atoms with E-state index in [9.17, 15) is 4.79 Å². The van der Waals surface area contributed by atoms with E-state index in [0.29, 0.717) is 11.6 Å². The van der Waals surface area contributed by atoms with Crippen molar-refractivity contribution in [3.05, 3.63) is 30.5 Å². The van der Waals surface area contributed by atoms with Crippen molar-refractivity contribution in [3.63, 3.8) is 0 Å². The minimum absolute atomic E-state index is 0.242. The van der Waals surface area contributed by atoms with Crippen LogP contribution in [0.5, 0.6) is 0 Å². The Hall–Kier alpha value is -2.28. The Morgan fingerprint density at radius 1 is 1.39 bits per heavy atom. The molecule has 2 heterocycles. The number of rotatable bonds is 5. The molecule has 0 aliphatic carbocycles. The minimum atomic E-state index is -0.279. The maximum atomic E-state index is 11.8. The molecule has 0 aliphatic rings. The Morgan fingerprint density at radius 2 is 2.17 bits per heavy atom. The van der Waals surface area contributed by atoms with E-state index in [1.165, 1.54) is 18.9 Å². The molecule has 0 spiro atoms. The molecule has 3 rings (SSSR count). The summed E-state index contributed by atoms with van der Waals surface area (Å²) in [6.45, 7) is 1.95. The summed E-state index contributed by atoms with van der Waals surface area (Å²) in [5, 5.41) is 10.1. The van der Waals surface area contributed by atoms with Gasteiger partial charge in [-0.05, 0) is 12.5 Å². The molecule has 2 aromatic heterocycles. The van der Waals surface area contributed by atoms with Crippen molar-refractivity contribution >= 4 is 28.6 Å². The Morgan fingerprint density at radius 3 is 2.91 bits per heavy atom. The number of benzene rings is 1. The quantitative estimate of drug-likeness (QED) is 0.575. The number of hydrogen-bond acceptors (Lipinski definition) is 5. The first kappa shape index (κ1) is 15.6. The van der Waals surface area contributed by atoms with E-state index in [1.54, 1.807) is 0 Å². The summed E-state index contributed by atoms with van der Waals surface area (Å²) >= 11 is 1.38. The lowest BCUT2D eigenvalue weighted by atomic mass is 10.1. The van der Waals surface area contributed by atoms with Gasteiger partial charge < -0.3 is 14.3 Å². The molecule has 1 atom stereocenters. The van der Waals surface area contributed by atoms with Gasteiger partial charge in [0, 0.05) is 29.7 Å². The van der Waals surface area contributed by atoms with Crippen molar-refractivity contribution in [1.29, 1.82) is 0 Å². The van der Waals surface area contributed by atoms with Crippen LogP contribution in [0, 0.1) is 0 Å². The Balaban J connectivity index is 1.95. The van der Waals surface area contributed by atoms with E-state index in [4.69, 9.17) is 4.74 Å². The van der Waals surface area contributed by atoms with E-state index in [-0.39, 0.29) is 11.2 Å². The predicted molar refractivity (Wildman–Crippen MR) is 90.2 cm³/mol. The van der Waals surface area contributed by atoms with Crippen molar-refractivity contribution < 1.29 is 9.53 Å². The van der Waals surface area contributed by atoms with Crippen LogP contribution in [-0.4, -0.2) is 38.1 Å². The molecule has 23 heavy (non-hydrogen) atoms.